The lowest BCUT2D eigenvalue weighted by Gasteiger charge is -2.09. The number of benzene rings is 2. The van der Waals surface area contributed by atoms with E-state index < -0.39 is 0 Å². The summed E-state index contributed by atoms with van der Waals surface area (Å²) >= 11 is 7.49. The normalized spacial score (nSPS) is 12.4. The maximum absolute atomic E-state index is 13.5. The molecule has 0 aromatic heterocycles. The molecular formula is C14H13ClFNS. The Bertz CT molecular complexity index is 557. The highest BCUT2D eigenvalue weighted by Gasteiger charge is 2.08. The average Bonchev–Trinajstić information content (AvgIpc) is 2.34. The van der Waals surface area contributed by atoms with Crippen molar-refractivity contribution in [3.05, 3.63) is 58.9 Å². The van der Waals surface area contributed by atoms with Crippen molar-refractivity contribution >= 4 is 23.4 Å². The Hall–Kier alpha value is -1.03. The second-order valence-corrected chi connectivity index (χ2v) is 5.50. The van der Waals surface area contributed by atoms with E-state index in [1.165, 1.54) is 17.8 Å². The van der Waals surface area contributed by atoms with Crippen LogP contribution < -0.4 is 5.73 Å². The van der Waals surface area contributed by atoms with Crippen LogP contribution in [0.5, 0.6) is 0 Å². The third-order valence-electron chi connectivity index (χ3n) is 2.54. The molecule has 94 valence electrons. The molecule has 0 aliphatic heterocycles. The van der Waals surface area contributed by atoms with Gasteiger partial charge in [0.1, 0.15) is 5.82 Å². The van der Waals surface area contributed by atoms with Gasteiger partial charge in [0, 0.05) is 15.8 Å². The molecule has 0 aliphatic carbocycles. The van der Waals surface area contributed by atoms with Crippen LogP contribution in [-0.2, 0) is 0 Å². The third kappa shape index (κ3) is 3.05. The van der Waals surface area contributed by atoms with Gasteiger partial charge in [0.15, 0.2) is 0 Å². The molecule has 0 saturated carbocycles. The monoisotopic (exact) mass is 281 g/mol. The minimum atomic E-state index is -0.241. The van der Waals surface area contributed by atoms with Crippen molar-refractivity contribution in [3.63, 3.8) is 0 Å². The van der Waals surface area contributed by atoms with Gasteiger partial charge >= 0.3 is 0 Å². The average molecular weight is 282 g/mol. The van der Waals surface area contributed by atoms with Crippen molar-refractivity contribution in [2.24, 2.45) is 5.73 Å². The van der Waals surface area contributed by atoms with E-state index in [9.17, 15) is 4.39 Å². The van der Waals surface area contributed by atoms with E-state index in [1.54, 1.807) is 18.2 Å². The Morgan fingerprint density at radius 3 is 2.50 bits per heavy atom. The zero-order valence-electron chi connectivity index (χ0n) is 9.86. The molecule has 0 fully saturated rings. The molecule has 1 nitrogen and oxygen atoms in total. The number of hydrogen-bond donors (Lipinski definition) is 1. The molecule has 2 aromatic carbocycles. The van der Waals surface area contributed by atoms with E-state index in [1.807, 2.05) is 25.1 Å². The summed E-state index contributed by atoms with van der Waals surface area (Å²) in [4.78, 5) is 1.39. The first-order valence-electron chi connectivity index (χ1n) is 5.55. The molecule has 0 saturated heterocycles. The van der Waals surface area contributed by atoms with Gasteiger partial charge in [-0.1, -0.05) is 41.6 Å². The molecule has 0 spiro atoms. The largest absolute Gasteiger partial charge is 0.324 e. The van der Waals surface area contributed by atoms with Crippen LogP contribution in [0.4, 0.5) is 4.39 Å². The van der Waals surface area contributed by atoms with E-state index in [4.69, 9.17) is 17.3 Å². The molecule has 0 aliphatic rings. The first-order valence-corrected chi connectivity index (χ1v) is 6.75. The van der Waals surface area contributed by atoms with E-state index in [0.29, 0.717) is 9.92 Å². The molecule has 1 atom stereocenters. The maximum atomic E-state index is 13.5. The quantitative estimate of drug-likeness (QED) is 0.886. The highest BCUT2D eigenvalue weighted by atomic mass is 35.5. The number of hydrogen-bond acceptors (Lipinski definition) is 2. The van der Waals surface area contributed by atoms with Gasteiger partial charge in [-0.3, -0.25) is 0 Å². The lowest BCUT2D eigenvalue weighted by atomic mass is 10.1. The Morgan fingerprint density at radius 2 is 1.89 bits per heavy atom. The van der Waals surface area contributed by atoms with Gasteiger partial charge in [0.2, 0.25) is 0 Å². The molecule has 2 N–H and O–H groups in total. The summed E-state index contributed by atoms with van der Waals surface area (Å²) in [6.45, 7) is 1.90. The smallest absolute Gasteiger partial charge is 0.137 e. The van der Waals surface area contributed by atoms with Gasteiger partial charge in [-0.25, -0.2) is 4.39 Å². The highest BCUT2D eigenvalue weighted by molar-refractivity contribution is 7.99. The molecule has 2 rings (SSSR count). The molecule has 0 bridgehead atoms. The summed E-state index contributed by atoms with van der Waals surface area (Å²) < 4.78 is 13.5. The Kier molecular flexibility index (Phi) is 4.27. The minimum Gasteiger partial charge on any atom is -0.324 e. The molecule has 0 heterocycles. The predicted molar refractivity (Wildman–Crippen MR) is 74.6 cm³/mol. The molecule has 0 radical (unpaired) electrons. The first-order chi connectivity index (χ1) is 8.58. The lowest BCUT2D eigenvalue weighted by molar-refractivity contribution is 0.602. The van der Waals surface area contributed by atoms with Crippen molar-refractivity contribution in [2.45, 2.75) is 22.8 Å². The fraction of sp³-hybridized carbons (Fsp3) is 0.143. The van der Waals surface area contributed by atoms with Gasteiger partial charge in [0.05, 0.1) is 5.02 Å². The van der Waals surface area contributed by atoms with Crippen molar-refractivity contribution in [2.75, 3.05) is 0 Å². The summed E-state index contributed by atoms with van der Waals surface area (Å²) in [5, 5.41) is 0.595. The van der Waals surface area contributed by atoms with Crippen LogP contribution in [0.1, 0.15) is 18.5 Å². The van der Waals surface area contributed by atoms with E-state index in [0.717, 1.165) is 10.5 Å². The van der Waals surface area contributed by atoms with E-state index in [-0.39, 0.29) is 11.9 Å². The lowest BCUT2D eigenvalue weighted by Crippen LogP contribution is -2.04. The molecular weight excluding hydrogens is 269 g/mol. The standard InChI is InChI=1S/C14H13ClFNS/c1-9(17)10-6-7-13(11(15)8-10)18-14-5-3-2-4-12(14)16/h2-9H,17H2,1H3/t9-/m1/s1. The maximum Gasteiger partial charge on any atom is 0.137 e. The fourth-order valence-corrected chi connectivity index (χ4v) is 2.68. The summed E-state index contributed by atoms with van der Waals surface area (Å²) in [5.74, 6) is -0.241. The van der Waals surface area contributed by atoms with Crippen molar-refractivity contribution in [3.8, 4) is 0 Å². The molecule has 2 aromatic rings. The topological polar surface area (TPSA) is 26.0 Å². The van der Waals surface area contributed by atoms with Crippen LogP contribution in [0.15, 0.2) is 52.3 Å². The summed E-state index contributed by atoms with van der Waals surface area (Å²) in [7, 11) is 0. The van der Waals surface area contributed by atoms with Crippen molar-refractivity contribution in [1.29, 1.82) is 0 Å². The van der Waals surface area contributed by atoms with Crippen LogP contribution in [0.2, 0.25) is 5.02 Å². The second-order valence-electron chi connectivity index (χ2n) is 4.01. The summed E-state index contributed by atoms with van der Waals surface area (Å²) in [6.07, 6.45) is 0. The third-order valence-corrected chi connectivity index (χ3v) is 4.09. The highest BCUT2D eigenvalue weighted by Crippen LogP contribution is 2.35. The number of rotatable bonds is 3. The summed E-state index contributed by atoms with van der Waals surface area (Å²) in [6, 6.07) is 12.2. The van der Waals surface area contributed by atoms with E-state index >= 15 is 0 Å². The van der Waals surface area contributed by atoms with Crippen molar-refractivity contribution in [1.82, 2.24) is 0 Å². The zero-order valence-corrected chi connectivity index (χ0v) is 11.4. The summed E-state index contributed by atoms with van der Waals surface area (Å²) in [5.41, 5.74) is 6.75. The second kappa shape index (κ2) is 5.74. The zero-order chi connectivity index (χ0) is 13.1. The minimum absolute atomic E-state index is 0.0602. The Labute approximate surface area is 115 Å². The van der Waals surface area contributed by atoms with Gasteiger partial charge in [0.25, 0.3) is 0 Å². The van der Waals surface area contributed by atoms with Crippen LogP contribution in [0.25, 0.3) is 0 Å². The van der Waals surface area contributed by atoms with Crippen LogP contribution >= 0.6 is 23.4 Å². The Balaban J connectivity index is 2.28. The van der Waals surface area contributed by atoms with Crippen LogP contribution in [-0.4, -0.2) is 0 Å². The molecule has 0 amide bonds. The SMILES string of the molecule is C[C@@H](N)c1ccc(Sc2ccccc2F)c(Cl)c1. The molecule has 4 heteroatoms. The molecule has 18 heavy (non-hydrogen) atoms. The number of halogens is 2. The van der Waals surface area contributed by atoms with Gasteiger partial charge in [-0.2, -0.15) is 0 Å². The van der Waals surface area contributed by atoms with Crippen LogP contribution in [0, 0.1) is 5.82 Å². The van der Waals surface area contributed by atoms with Gasteiger partial charge in [-0.15, -0.1) is 0 Å². The van der Waals surface area contributed by atoms with Gasteiger partial charge < -0.3 is 5.73 Å². The molecule has 0 unspecified atom stereocenters. The van der Waals surface area contributed by atoms with Crippen LogP contribution in [0.3, 0.4) is 0 Å². The first kappa shape index (κ1) is 13.4. The predicted octanol–water partition coefficient (Wildman–Crippen LogP) is 4.65. The Morgan fingerprint density at radius 1 is 1.17 bits per heavy atom. The van der Waals surface area contributed by atoms with Gasteiger partial charge in [-0.05, 0) is 36.8 Å². The number of nitrogens with two attached hydrogens (primary N) is 1. The fourth-order valence-electron chi connectivity index (χ4n) is 1.53. The van der Waals surface area contributed by atoms with Crippen molar-refractivity contribution < 1.29 is 4.39 Å². The van der Waals surface area contributed by atoms with E-state index in [2.05, 4.69) is 0 Å².